The maximum atomic E-state index is 13.5. The average Bonchev–Trinajstić information content (AvgIpc) is 3.19. The number of carbonyl (C=O) groups excluding carboxylic acids is 2. The van der Waals surface area contributed by atoms with Crippen molar-refractivity contribution in [2.75, 3.05) is 44.7 Å². The number of hydrogen-bond acceptors (Lipinski definition) is 7. The van der Waals surface area contributed by atoms with Gasteiger partial charge in [0, 0.05) is 37.1 Å². The van der Waals surface area contributed by atoms with Crippen molar-refractivity contribution in [1.29, 1.82) is 0 Å². The van der Waals surface area contributed by atoms with Gasteiger partial charge in [-0.15, -0.1) is 0 Å². The number of benzene rings is 3. The summed E-state index contributed by atoms with van der Waals surface area (Å²) in [5.74, 6) is -0.686. The molecule has 1 aliphatic rings. The monoisotopic (exact) mass is 536 g/mol. The van der Waals surface area contributed by atoms with Crippen LogP contribution < -0.4 is 24.0 Å². The highest BCUT2D eigenvalue weighted by Gasteiger charge is 2.47. The second kappa shape index (κ2) is 11.1. The van der Waals surface area contributed by atoms with Crippen LogP contribution in [0.4, 0.5) is 11.4 Å². The molecular weight excluding hydrogens is 508 g/mol. The zero-order chi connectivity index (χ0) is 27.6. The van der Waals surface area contributed by atoms with Gasteiger partial charge in [-0.2, -0.15) is 0 Å². The van der Waals surface area contributed by atoms with Crippen molar-refractivity contribution in [2.24, 2.45) is 0 Å². The number of aliphatic hydroxyl groups excluding tert-OH is 1. The normalized spacial score (nSPS) is 16.5. The lowest BCUT2D eigenvalue weighted by Gasteiger charge is -2.26. The summed E-state index contributed by atoms with van der Waals surface area (Å²) in [5, 5.41) is 11.7. The molecule has 4 rings (SSSR count). The van der Waals surface area contributed by atoms with Gasteiger partial charge in [0.25, 0.3) is 11.7 Å². The quantitative estimate of drug-likeness (QED) is 0.233. The molecule has 3 aromatic rings. The highest BCUT2D eigenvalue weighted by Crippen LogP contribution is 2.45. The van der Waals surface area contributed by atoms with Crippen LogP contribution in [0, 0.1) is 0 Å². The van der Waals surface area contributed by atoms with Gasteiger partial charge in [-0.3, -0.25) is 14.5 Å². The molecule has 1 heterocycles. The fourth-order valence-corrected chi connectivity index (χ4v) is 4.64. The Morgan fingerprint density at radius 1 is 0.974 bits per heavy atom. The maximum Gasteiger partial charge on any atom is 0.300 e. The Morgan fingerprint density at radius 3 is 2.26 bits per heavy atom. The number of rotatable bonds is 8. The molecule has 1 unspecified atom stereocenters. The SMILES string of the molecule is CCOc1ccc(Cl)c(/C(O)=C2\C(=O)C(=O)N(c3ccc(OC)c(OC)c3)C2c2ccc(N(C)C)cc2)c1. The minimum atomic E-state index is -0.934. The summed E-state index contributed by atoms with van der Waals surface area (Å²) in [4.78, 5) is 30.3. The first-order valence-electron chi connectivity index (χ1n) is 11.9. The van der Waals surface area contributed by atoms with Crippen molar-refractivity contribution in [3.8, 4) is 17.2 Å². The van der Waals surface area contributed by atoms with E-state index in [9.17, 15) is 14.7 Å². The molecular formula is C29H29ClN2O6. The van der Waals surface area contributed by atoms with Gasteiger partial charge in [-0.05, 0) is 55.0 Å². The van der Waals surface area contributed by atoms with E-state index in [2.05, 4.69) is 0 Å². The number of aliphatic hydroxyl groups is 1. The van der Waals surface area contributed by atoms with E-state index in [1.807, 2.05) is 50.2 Å². The van der Waals surface area contributed by atoms with Crippen LogP contribution in [0.2, 0.25) is 5.02 Å². The largest absolute Gasteiger partial charge is 0.507 e. The number of halogens is 1. The third-order valence-electron chi connectivity index (χ3n) is 6.32. The van der Waals surface area contributed by atoms with E-state index in [-0.39, 0.29) is 21.9 Å². The molecule has 1 fully saturated rings. The lowest BCUT2D eigenvalue weighted by Crippen LogP contribution is -2.29. The molecule has 1 saturated heterocycles. The van der Waals surface area contributed by atoms with E-state index < -0.39 is 17.7 Å². The van der Waals surface area contributed by atoms with Crippen LogP contribution in [-0.2, 0) is 9.59 Å². The van der Waals surface area contributed by atoms with Crippen LogP contribution in [0.25, 0.3) is 5.76 Å². The fraction of sp³-hybridized carbons (Fsp3) is 0.241. The molecule has 1 aliphatic heterocycles. The summed E-state index contributed by atoms with van der Waals surface area (Å²) in [5.41, 5.74) is 2.07. The highest BCUT2D eigenvalue weighted by atomic mass is 35.5. The molecule has 0 aliphatic carbocycles. The Morgan fingerprint density at radius 2 is 1.66 bits per heavy atom. The molecule has 8 nitrogen and oxygen atoms in total. The predicted molar refractivity (Wildman–Crippen MR) is 148 cm³/mol. The smallest absolute Gasteiger partial charge is 0.300 e. The molecule has 1 N–H and O–H groups in total. The molecule has 198 valence electrons. The Labute approximate surface area is 226 Å². The minimum Gasteiger partial charge on any atom is -0.507 e. The van der Waals surface area contributed by atoms with Gasteiger partial charge in [0.05, 0.1) is 37.5 Å². The van der Waals surface area contributed by atoms with Crippen molar-refractivity contribution < 1.29 is 28.9 Å². The van der Waals surface area contributed by atoms with Crippen LogP contribution in [0.5, 0.6) is 17.2 Å². The summed E-state index contributed by atoms with van der Waals surface area (Å²) in [6.45, 7) is 2.24. The van der Waals surface area contributed by atoms with Crippen molar-refractivity contribution in [1.82, 2.24) is 0 Å². The van der Waals surface area contributed by atoms with E-state index in [1.54, 1.807) is 36.4 Å². The fourth-order valence-electron chi connectivity index (χ4n) is 4.43. The van der Waals surface area contributed by atoms with Crippen molar-refractivity contribution in [3.63, 3.8) is 0 Å². The molecule has 38 heavy (non-hydrogen) atoms. The molecule has 1 amide bonds. The molecule has 0 spiro atoms. The number of ether oxygens (including phenoxy) is 3. The van der Waals surface area contributed by atoms with Gasteiger partial charge in [0.1, 0.15) is 11.5 Å². The van der Waals surface area contributed by atoms with E-state index in [0.717, 1.165) is 5.69 Å². The van der Waals surface area contributed by atoms with E-state index in [4.69, 9.17) is 25.8 Å². The van der Waals surface area contributed by atoms with Crippen LogP contribution in [-0.4, -0.2) is 51.7 Å². The summed E-state index contributed by atoms with van der Waals surface area (Å²) in [7, 11) is 6.83. The number of Topliss-reactive ketones (excluding diaryl/α,β-unsaturated/α-hetero) is 1. The second-order valence-electron chi connectivity index (χ2n) is 8.77. The van der Waals surface area contributed by atoms with E-state index >= 15 is 0 Å². The zero-order valence-electron chi connectivity index (χ0n) is 21.8. The lowest BCUT2D eigenvalue weighted by molar-refractivity contribution is -0.132. The van der Waals surface area contributed by atoms with Gasteiger partial charge in [-0.1, -0.05) is 23.7 Å². The third kappa shape index (κ3) is 4.87. The van der Waals surface area contributed by atoms with Gasteiger partial charge < -0.3 is 24.2 Å². The first-order valence-corrected chi connectivity index (χ1v) is 12.3. The van der Waals surface area contributed by atoms with Crippen molar-refractivity contribution >= 4 is 40.4 Å². The number of ketones is 1. The van der Waals surface area contributed by atoms with Gasteiger partial charge in [0.15, 0.2) is 11.5 Å². The number of hydrogen-bond donors (Lipinski definition) is 1. The number of amides is 1. The zero-order valence-corrected chi connectivity index (χ0v) is 22.6. The number of anilines is 2. The number of methoxy groups -OCH3 is 2. The van der Waals surface area contributed by atoms with Crippen molar-refractivity contribution in [2.45, 2.75) is 13.0 Å². The Hall–Kier alpha value is -4.17. The Balaban J connectivity index is 1.95. The first-order chi connectivity index (χ1) is 18.2. The molecule has 9 heteroatoms. The molecule has 0 bridgehead atoms. The Kier molecular flexibility index (Phi) is 7.83. The molecule has 0 aromatic heterocycles. The Bertz CT molecular complexity index is 1400. The standard InChI is InChI=1S/C29H29ClN2O6/c1-6-38-20-12-13-22(30)21(16-20)27(33)25-26(17-7-9-18(10-8-17)31(2)3)32(29(35)28(25)34)19-11-14-23(36-4)24(15-19)37-5/h7-16,26,33H,6H2,1-5H3/b27-25+. The highest BCUT2D eigenvalue weighted by molar-refractivity contribution is 6.52. The number of carbonyl (C=O) groups is 2. The summed E-state index contributed by atoms with van der Waals surface area (Å²) >= 11 is 6.43. The van der Waals surface area contributed by atoms with E-state index in [1.165, 1.54) is 19.1 Å². The molecule has 3 aromatic carbocycles. The van der Waals surface area contributed by atoms with Gasteiger partial charge in [-0.25, -0.2) is 0 Å². The topological polar surface area (TPSA) is 88.5 Å². The summed E-state index contributed by atoms with van der Waals surface area (Å²) in [6.07, 6.45) is 0. The lowest BCUT2D eigenvalue weighted by atomic mass is 9.94. The maximum absolute atomic E-state index is 13.5. The average molecular weight is 537 g/mol. The summed E-state index contributed by atoms with van der Waals surface area (Å²) < 4.78 is 16.3. The van der Waals surface area contributed by atoms with Crippen LogP contribution >= 0.6 is 11.6 Å². The molecule has 0 saturated carbocycles. The first kappa shape index (κ1) is 26.9. The van der Waals surface area contributed by atoms with Crippen LogP contribution in [0.15, 0.2) is 66.2 Å². The van der Waals surface area contributed by atoms with Crippen LogP contribution in [0.1, 0.15) is 24.1 Å². The molecule has 0 radical (unpaired) electrons. The summed E-state index contributed by atoms with van der Waals surface area (Å²) in [6, 6.07) is 16.2. The minimum absolute atomic E-state index is 0.0852. The second-order valence-corrected chi connectivity index (χ2v) is 9.18. The number of nitrogens with zero attached hydrogens (tertiary/aromatic N) is 2. The van der Waals surface area contributed by atoms with Crippen molar-refractivity contribution in [3.05, 3.63) is 82.4 Å². The predicted octanol–water partition coefficient (Wildman–Crippen LogP) is 5.45. The van der Waals surface area contributed by atoms with E-state index in [0.29, 0.717) is 35.1 Å². The third-order valence-corrected chi connectivity index (χ3v) is 6.65. The molecule has 1 atom stereocenters. The van der Waals surface area contributed by atoms with Gasteiger partial charge in [0.2, 0.25) is 0 Å². The van der Waals surface area contributed by atoms with Gasteiger partial charge >= 0.3 is 0 Å². The van der Waals surface area contributed by atoms with Crippen LogP contribution in [0.3, 0.4) is 0 Å².